The lowest BCUT2D eigenvalue weighted by Crippen LogP contribution is -2.45. The summed E-state index contributed by atoms with van der Waals surface area (Å²) in [6.45, 7) is 7.83. The minimum atomic E-state index is -3.65. The summed E-state index contributed by atoms with van der Waals surface area (Å²) < 4.78 is 32.3. The largest absolute Gasteiger partial charge is 0.340 e. The Hall–Kier alpha value is -2.26. The minimum absolute atomic E-state index is 0.118. The molecule has 1 fully saturated rings. The van der Waals surface area contributed by atoms with Gasteiger partial charge < -0.3 is 9.84 Å². The SMILES string of the molecule is CCN(CC)S(=O)(=O)c1ccc(C)c(C(=O)NC2(c3noc(C)n3)CCCC2)c1. The minimum Gasteiger partial charge on any atom is -0.340 e. The highest BCUT2D eigenvalue weighted by Gasteiger charge is 2.41. The Labute approximate surface area is 171 Å². The molecule has 1 heterocycles. The van der Waals surface area contributed by atoms with Crippen LogP contribution >= 0.6 is 0 Å². The Kier molecular flexibility index (Phi) is 6.09. The predicted molar refractivity (Wildman–Crippen MR) is 108 cm³/mol. The maximum Gasteiger partial charge on any atom is 0.252 e. The predicted octanol–water partition coefficient (Wildman–Crippen LogP) is 2.92. The van der Waals surface area contributed by atoms with Crippen LogP contribution in [0.15, 0.2) is 27.6 Å². The second-order valence-electron chi connectivity index (χ2n) is 7.45. The Morgan fingerprint density at radius 3 is 2.41 bits per heavy atom. The average molecular weight is 421 g/mol. The fourth-order valence-electron chi connectivity index (χ4n) is 3.88. The van der Waals surface area contributed by atoms with Crippen LogP contribution < -0.4 is 5.32 Å². The summed E-state index contributed by atoms with van der Waals surface area (Å²) in [6, 6.07) is 4.68. The normalized spacial score (nSPS) is 16.3. The third-order valence-corrected chi connectivity index (χ3v) is 7.61. The summed E-state index contributed by atoms with van der Waals surface area (Å²) in [5.74, 6) is 0.595. The standard InChI is InChI=1S/C20H28N4O4S/c1-5-24(6-2)29(26,27)16-10-9-14(3)17(13-16)18(25)22-20(11-7-8-12-20)19-21-15(4)28-23-19/h9-10,13H,5-8,11-12H2,1-4H3,(H,22,25). The number of nitrogens with one attached hydrogen (secondary N) is 1. The van der Waals surface area contributed by atoms with Crippen LogP contribution in [0.4, 0.5) is 0 Å². The molecule has 2 aromatic rings. The van der Waals surface area contributed by atoms with E-state index in [0.29, 0.717) is 48.8 Å². The number of hydrogen-bond donors (Lipinski definition) is 1. The van der Waals surface area contributed by atoms with E-state index in [0.717, 1.165) is 12.8 Å². The first-order chi connectivity index (χ1) is 13.7. The van der Waals surface area contributed by atoms with Crippen LogP contribution in [0, 0.1) is 13.8 Å². The van der Waals surface area contributed by atoms with E-state index in [9.17, 15) is 13.2 Å². The maximum absolute atomic E-state index is 13.2. The molecule has 3 rings (SSSR count). The zero-order chi connectivity index (χ0) is 21.2. The molecule has 1 amide bonds. The number of hydrogen-bond acceptors (Lipinski definition) is 6. The smallest absolute Gasteiger partial charge is 0.252 e. The van der Waals surface area contributed by atoms with Gasteiger partial charge in [0.1, 0.15) is 5.54 Å². The molecule has 0 spiro atoms. The zero-order valence-corrected chi connectivity index (χ0v) is 18.2. The van der Waals surface area contributed by atoms with Crippen molar-refractivity contribution in [1.29, 1.82) is 0 Å². The van der Waals surface area contributed by atoms with Crippen LogP contribution in [0.2, 0.25) is 0 Å². The highest BCUT2D eigenvalue weighted by Crippen LogP contribution is 2.37. The molecule has 0 saturated heterocycles. The van der Waals surface area contributed by atoms with Gasteiger partial charge in [-0.3, -0.25) is 4.79 Å². The van der Waals surface area contributed by atoms with Crippen LogP contribution in [-0.4, -0.2) is 41.9 Å². The topological polar surface area (TPSA) is 105 Å². The number of aryl methyl sites for hydroxylation is 2. The highest BCUT2D eigenvalue weighted by atomic mass is 32.2. The van der Waals surface area contributed by atoms with E-state index >= 15 is 0 Å². The lowest BCUT2D eigenvalue weighted by Gasteiger charge is -2.27. The number of sulfonamides is 1. The third kappa shape index (κ3) is 4.06. The van der Waals surface area contributed by atoms with E-state index < -0.39 is 15.6 Å². The molecule has 1 saturated carbocycles. The van der Waals surface area contributed by atoms with Gasteiger partial charge in [0.05, 0.1) is 4.90 Å². The number of benzene rings is 1. The molecule has 0 aliphatic heterocycles. The summed E-state index contributed by atoms with van der Waals surface area (Å²) in [7, 11) is -3.65. The molecule has 8 nitrogen and oxygen atoms in total. The van der Waals surface area contributed by atoms with Crippen molar-refractivity contribution in [3.05, 3.63) is 41.0 Å². The first-order valence-corrected chi connectivity index (χ1v) is 11.4. The van der Waals surface area contributed by atoms with E-state index in [1.165, 1.54) is 10.4 Å². The number of nitrogens with zero attached hydrogens (tertiary/aromatic N) is 3. The van der Waals surface area contributed by atoms with Crippen molar-refractivity contribution in [1.82, 2.24) is 19.8 Å². The Morgan fingerprint density at radius 1 is 1.21 bits per heavy atom. The molecule has 1 aromatic carbocycles. The van der Waals surface area contributed by atoms with E-state index in [-0.39, 0.29) is 10.8 Å². The Bertz CT molecular complexity index is 990. The highest BCUT2D eigenvalue weighted by molar-refractivity contribution is 7.89. The summed E-state index contributed by atoms with van der Waals surface area (Å²) in [5, 5.41) is 7.12. The van der Waals surface area contributed by atoms with E-state index in [4.69, 9.17) is 4.52 Å². The van der Waals surface area contributed by atoms with Gasteiger partial charge in [0.15, 0.2) is 5.82 Å². The molecule has 0 atom stereocenters. The van der Waals surface area contributed by atoms with Gasteiger partial charge in [-0.05, 0) is 37.5 Å². The van der Waals surface area contributed by atoms with Crippen LogP contribution in [0.25, 0.3) is 0 Å². The molecule has 0 unspecified atom stereocenters. The van der Waals surface area contributed by atoms with E-state index in [2.05, 4.69) is 15.5 Å². The van der Waals surface area contributed by atoms with Crippen molar-refractivity contribution in [2.45, 2.75) is 63.8 Å². The molecule has 1 N–H and O–H groups in total. The van der Waals surface area contributed by atoms with E-state index in [1.54, 1.807) is 39.8 Å². The first-order valence-electron chi connectivity index (χ1n) is 9.97. The number of rotatable bonds is 7. The summed E-state index contributed by atoms with van der Waals surface area (Å²) in [5.41, 5.74) is 0.359. The molecule has 1 aromatic heterocycles. The van der Waals surface area contributed by atoms with Crippen molar-refractivity contribution < 1.29 is 17.7 Å². The van der Waals surface area contributed by atoms with Gasteiger partial charge in [-0.1, -0.05) is 37.9 Å². The Balaban J connectivity index is 1.95. The molecular weight excluding hydrogens is 392 g/mol. The lowest BCUT2D eigenvalue weighted by atomic mass is 9.95. The van der Waals surface area contributed by atoms with Crippen LogP contribution in [0.5, 0.6) is 0 Å². The molecule has 0 bridgehead atoms. The second-order valence-corrected chi connectivity index (χ2v) is 9.38. The molecule has 1 aliphatic rings. The summed E-state index contributed by atoms with van der Waals surface area (Å²) in [6.07, 6.45) is 3.33. The third-order valence-electron chi connectivity index (χ3n) is 5.56. The summed E-state index contributed by atoms with van der Waals surface area (Å²) in [4.78, 5) is 17.6. The van der Waals surface area contributed by atoms with Gasteiger partial charge in [0, 0.05) is 25.6 Å². The summed E-state index contributed by atoms with van der Waals surface area (Å²) >= 11 is 0. The van der Waals surface area contributed by atoms with Crippen molar-refractivity contribution >= 4 is 15.9 Å². The lowest BCUT2D eigenvalue weighted by molar-refractivity contribution is 0.0891. The van der Waals surface area contributed by atoms with Gasteiger partial charge in [0.25, 0.3) is 5.91 Å². The first kappa shape index (κ1) is 21.4. The van der Waals surface area contributed by atoms with Crippen LogP contribution in [0.1, 0.15) is 67.2 Å². The van der Waals surface area contributed by atoms with Crippen molar-refractivity contribution in [3.63, 3.8) is 0 Å². The number of carbonyl (C=O) groups excluding carboxylic acids is 1. The molecular formula is C20H28N4O4S. The number of aromatic nitrogens is 2. The molecule has 158 valence electrons. The monoisotopic (exact) mass is 420 g/mol. The van der Waals surface area contributed by atoms with Crippen LogP contribution in [-0.2, 0) is 15.6 Å². The Morgan fingerprint density at radius 2 is 1.86 bits per heavy atom. The fourth-order valence-corrected chi connectivity index (χ4v) is 5.36. The van der Waals surface area contributed by atoms with Crippen molar-refractivity contribution in [2.24, 2.45) is 0 Å². The number of carbonyl (C=O) groups is 1. The van der Waals surface area contributed by atoms with Crippen LogP contribution in [0.3, 0.4) is 0 Å². The molecule has 0 radical (unpaired) electrons. The quantitative estimate of drug-likeness (QED) is 0.738. The average Bonchev–Trinajstić information content (AvgIpc) is 3.32. The molecule has 1 aliphatic carbocycles. The van der Waals surface area contributed by atoms with Gasteiger partial charge in [-0.2, -0.15) is 9.29 Å². The van der Waals surface area contributed by atoms with Crippen molar-refractivity contribution in [2.75, 3.05) is 13.1 Å². The molecule has 29 heavy (non-hydrogen) atoms. The fraction of sp³-hybridized carbons (Fsp3) is 0.550. The van der Waals surface area contributed by atoms with Gasteiger partial charge in [-0.25, -0.2) is 8.42 Å². The molecule has 9 heteroatoms. The van der Waals surface area contributed by atoms with E-state index in [1.807, 2.05) is 0 Å². The van der Waals surface area contributed by atoms with Crippen molar-refractivity contribution in [3.8, 4) is 0 Å². The number of amides is 1. The van der Waals surface area contributed by atoms with Gasteiger partial charge >= 0.3 is 0 Å². The zero-order valence-electron chi connectivity index (χ0n) is 17.4. The van der Waals surface area contributed by atoms with Gasteiger partial charge in [0.2, 0.25) is 15.9 Å². The second kappa shape index (κ2) is 8.23. The van der Waals surface area contributed by atoms with Gasteiger partial charge in [-0.15, -0.1) is 0 Å². The maximum atomic E-state index is 13.2.